The summed E-state index contributed by atoms with van der Waals surface area (Å²) in [6.45, 7) is 13.6. The first-order chi connectivity index (χ1) is 18.5. The van der Waals surface area contributed by atoms with Crippen molar-refractivity contribution in [2.75, 3.05) is 0 Å². The molecule has 4 aromatic rings. The molecule has 38 heavy (non-hydrogen) atoms. The minimum Gasteiger partial charge on any atom is -0.222 e. The third-order valence-corrected chi connectivity index (χ3v) is 12.1. The van der Waals surface area contributed by atoms with E-state index < -0.39 is 0 Å². The van der Waals surface area contributed by atoms with Gasteiger partial charge >= 0.3 is 0 Å². The van der Waals surface area contributed by atoms with Gasteiger partial charge in [-0.25, -0.2) is 9.97 Å². The standard InChI is InChI=1S/C32H44N2S4/c1-7-12-15-22(10-4)18-24-17-21(6)35-27(24)29-33-31-32(37-29)34-30(38-31)28-25(20-26(36-28)14-9-3)19-23(11-5)16-13-8-2/h9,14,17,20,22-23H,7-8,10-13,15-16,18-19H2,1-6H3/b14-9+. The van der Waals surface area contributed by atoms with E-state index in [1.165, 1.54) is 88.4 Å². The Morgan fingerprint density at radius 2 is 1.26 bits per heavy atom. The number of allylic oxidation sites excluding steroid dienone is 1. The Morgan fingerprint density at radius 1 is 0.737 bits per heavy atom. The lowest BCUT2D eigenvalue weighted by Gasteiger charge is -2.14. The molecular formula is C32H44N2S4. The van der Waals surface area contributed by atoms with Gasteiger partial charge in [-0.3, -0.25) is 0 Å². The molecule has 2 nitrogen and oxygen atoms in total. The quantitative estimate of drug-likeness (QED) is 0.139. The molecular weight excluding hydrogens is 541 g/mol. The lowest BCUT2D eigenvalue weighted by molar-refractivity contribution is 0.450. The number of unbranched alkanes of at least 4 members (excludes halogenated alkanes) is 2. The molecule has 0 aliphatic heterocycles. The minimum absolute atomic E-state index is 0.748. The molecule has 0 aliphatic carbocycles. The van der Waals surface area contributed by atoms with Crippen molar-refractivity contribution in [3.05, 3.63) is 39.1 Å². The molecule has 4 rings (SSSR count). The fraction of sp³-hybridized carbons (Fsp3) is 0.562. The zero-order valence-electron chi connectivity index (χ0n) is 24.1. The first-order valence-electron chi connectivity index (χ1n) is 14.6. The van der Waals surface area contributed by atoms with Crippen molar-refractivity contribution in [3.8, 4) is 19.8 Å². The van der Waals surface area contributed by atoms with Gasteiger partial charge in [0, 0.05) is 9.75 Å². The smallest absolute Gasteiger partial charge is 0.155 e. The van der Waals surface area contributed by atoms with E-state index in [1.807, 2.05) is 22.7 Å². The average Bonchev–Trinajstić information content (AvgIpc) is 3.66. The maximum atomic E-state index is 5.18. The summed E-state index contributed by atoms with van der Waals surface area (Å²) in [5.74, 6) is 1.51. The molecule has 4 aromatic heterocycles. The Labute approximate surface area is 246 Å². The van der Waals surface area contributed by atoms with Crippen molar-refractivity contribution in [1.82, 2.24) is 9.97 Å². The van der Waals surface area contributed by atoms with E-state index in [2.05, 4.69) is 65.8 Å². The Balaban J connectivity index is 1.62. The average molecular weight is 585 g/mol. The predicted octanol–water partition coefficient (Wildman–Crippen LogP) is 12.1. The van der Waals surface area contributed by atoms with Gasteiger partial charge in [-0.15, -0.1) is 22.7 Å². The van der Waals surface area contributed by atoms with Crippen LogP contribution in [0.25, 0.3) is 35.5 Å². The molecule has 0 amide bonds. The van der Waals surface area contributed by atoms with Crippen LogP contribution in [0.4, 0.5) is 0 Å². The highest BCUT2D eigenvalue weighted by molar-refractivity contribution is 7.32. The van der Waals surface area contributed by atoms with Gasteiger partial charge in [0.25, 0.3) is 0 Å². The SMILES string of the molecule is C/C=C/c1cc(CC(CC)CCCC)c(-c2nc3sc(-c4sc(C)cc4CC(CC)CCCC)nc3s2)s1. The molecule has 2 unspecified atom stereocenters. The molecule has 0 saturated carbocycles. The predicted molar refractivity (Wildman–Crippen MR) is 175 cm³/mol. The van der Waals surface area contributed by atoms with Crippen LogP contribution in [0, 0.1) is 18.8 Å². The van der Waals surface area contributed by atoms with Crippen molar-refractivity contribution in [2.45, 2.75) is 106 Å². The Morgan fingerprint density at radius 3 is 1.76 bits per heavy atom. The Hall–Kier alpha value is -1.34. The van der Waals surface area contributed by atoms with Crippen molar-refractivity contribution in [1.29, 1.82) is 0 Å². The van der Waals surface area contributed by atoms with Gasteiger partial charge in [-0.2, -0.15) is 0 Å². The molecule has 206 valence electrons. The van der Waals surface area contributed by atoms with E-state index in [0.29, 0.717) is 0 Å². The van der Waals surface area contributed by atoms with Gasteiger partial charge in [0.1, 0.15) is 10.0 Å². The van der Waals surface area contributed by atoms with E-state index >= 15 is 0 Å². The zero-order valence-corrected chi connectivity index (χ0v) is 27.3. The molecule has 0 fully saturated rings. The molecule has 0 bridgehead atoms. The molecule has 0 aliphatic rings. The highest BCUT2D eigenvalue weighted by atomic mass is 32.1. The topological polar surface area (TPSA) is 25.8 Å². The molecule has 6 heteroatoms. The van der Waals surface area contributed by atoms with Crippen LogP contribution in [-0.4, -0.2) is 9.97 Å². The molecule has 0 N–H and O–H groups in total. The Bertz CT molecular complexity index is 1290. The summed E-state index contributed by atoms with van der Waals surface area (Å²) >= 11 is 7.38. The summed E-state index contributed by atoms with van der Waals surface area (Å²) in [4.78, 5) is 18.0. The van der Waals surface area contributed by atoms with Crippen LogP contribution >= 0.6 is 45.3 Å². The maximum Gasteiger partial charge on any atom is 0.155 e. The first kappa shape index (κ1) is 29.6. The van der Waals surface area contributed by atoms with Crippen LogP contribution in [0.15, 0.2) is 18.2 Å². The minimum atomic E-state index is 0.748. The van der Waals surface area contributed by atoms with Gasteiger partial charge in [0.05, 0.1) is 9.75 Å². The molecule has 4 heterocycles. The van der Waals surface area contributed by atoms with E-state index in [0.717, 1.165) is 37.9 Å². The highest BCUT2D eigenvalue weighted by Crippen LogP contribution is 2.44. The summed E-state index contributed by atoms with van der Waals surface area (Å²) in [5.41, 5.74) is 2.97. The largest absolute Gasteiger partial charge is 0.222 e. The number of aryl methyl sites for hydroxylation is 1. The number of nitrogens with zero attached hydrogens (tertiary/aromatic N) is 2. The van der Waals surface area contributed by atoms with Crippen LogP contribution < -0.4 is 0 Å². The number of aromatic nitrogens is 2. The summed E-state index contributed by atoms with van der Waals surface area (Å²) in [6, 6.07) is 4.82. The van der Waals surface area contributed by atoms with Crippen molar-refractivity contribution >= 4 is 61.1 Å². The fourth-order valence-corrected chi connectivity index (χ4v) is 9.74. The van der Waals surface area contributed by atoms with E-state index in [9.17, 15) is 0 Å². The van der Waals surface area contributed by atoms with Crippen LogP contribution in [0.2, 0.25) is 0 Å². The van der Waals surface area contributed by atoms with Crippen LogP contribution in [0.3, 0.4) is 0 Å². The number of hydrogen-bond acceptors (Lipinski definition) is 6. The lowest BCUT2D eigenvalue weighted by atomic mass is 9.92. The molecule has 0 spiro atoms. The lowest BCUT2D eigenvalue weighted by Crippen LogP contribution is -2.03. The van der Waals surface area contributed by atoms with Gasteiger partial charge in [0.2, 0.25) is 0 Å². The highest BCUT2D eigenvalue weighted by Gasteiger charge is 2.22. The molecule has 0 saturated heterocycles. The van der Waals surface area contributed by atoms with Crippen molar-refractivity contribution in [3.63, 3.8) is 0 Å². The number of fused-ring (bicyclic) bond motifs is 1. The summed E-state index contributed by atoms with van der Waals surface area (Å²) < 4.78 is 0. The number of hydrogen-bond donors (Lipinski definition) is 0. The number of thiazole rings is 2. The molecule has 0 aromatic carbocycles. The van der Waals surface area contributed by atoms with Crippen LogP contribution in [-0.2, 0) is 12.8 Å². The molecule has 0 radical (unpaired) electrons. The second-order valence-electron chi connectivity index (χ2n) is 10.6. The number of rotatable bonds is 15. The third kappa shape index (κ3) is 7.24. The van der Waals surface area contributed by atoms with Crippen molar-refractivity contribution < 1.29 is 0 Å². The fourth-order valence-electron chi connectivity index (χ4n) is 5.27. The van der Waals surface area contributed by atoms with E-state index in [-0.39, 0.29) is 0 Å². The monoisotopic (exact) mass is 584 g/mol. The third-order valence-electron chi connectivity index (χ3n) is 7.56. The zero-order chi connectivity index (χ0) is 27.1. The Kier molecular flexibility index (Phi) is 11.2. The van der Waals surface area contributed by atoms with E-state index in [4.69, 9.17) is 9.97 Å². The van der Waals surface area contributed by atoms with Gasteiger partial charge in [-0.05, 0) is 67.9 Å². The van der Waals surface area contributed by atoms with E-state index in [1.54, 1.807) is 22.7 Å². The van der Waals surface area contributed by atoms with Gasteiger partial charge in [0.15, 0.2) is 9.66 Å². The van der Waals surface area contributed by atoms with Gasteiger partial charge < -0.3 is 0 Å². The van der Waals surface area contributed by atoms with Crippen LogP contribution in [0.5, 0.6) is 0 Å². The number of thiophene rings is 2. The molecule has 2 atom stereocenters. The maximum absolute atomic E-state index is 5.18. The van der Waals surface area contributed by atoms with Crippen molar-refractivity contribution in [2.24, 2.45) is 11.8 Å². The summed E-state index contributed by atoms with van der Waals surface area (Å²) in [5, 5.41) is 2.31. The first-order valence-corrected chi connectivity index (χ1v) is 17.9. The summed E-state index contributed by atoms with van der Waals surface area (Å²) in [7, 11) is 0. The summed E-state index contributed by atoms with van der Waals surface area (Å²) in [6.07, 6.45) is 17.1. The second kappa shape index (κ2) is 14.3. The second-order valence-corrected chi connectivity index (χ2v) is 14.9. The normalized spacial score (nSPS) is 13.7. The van der Waals surface area contributed by atoms with Gasteiger partial charge in [-0.1, -0.05) is 108 Å². The van der Waals surface area contributed by atoms with Crippen LogP contribution in [0.1, 0.15) is 107 Å².